The lowest BCUT2D eigenvalue weighted by Crippen LogP contribution is -2.39. The van der Waals surface area contributed by atoms with Crippen molar-refractivity contribution in [2.45, 2.75) is 38.0 Å². The fraction of sp³-hybridized carbons (Fsp3) is 0.261. The molecule has 3 amide bonds. The molecule has 0 atom stereocenters. The number of aryl methyl sites for hydroxylation is 1. The molecule has 33 heavy (non-hydrogen) atoms. The third-order valence-corrected chi connectivity index (χ3v) is 5.97. The first-order chi connectivity index (χ1) is 16.1. The average Bonchev–Trinajstić information content (AvgIpc) is 3.25. The van der Waals surface area contributed by atoms with Crippen LogP contribution in [0.1, 0.15) is 25.3 Å². The lowest BCUT2D eigenvalue weighted by atomic mass is 10.2. The van der Waals surface area contributed by atoms with E-state index in [0.29, 0.717) is 35.2 Å². The number of imide groups is 1. The molecule has 2 N–H and O–H groups in total. The highest BCUT2D eigenvalue weighted by molar-refractivity contribution is 7.99. The summed E-state index contributed by atoms with van der Waals surface area (Å²) in [6.07, 6.45) is 0.917. The molecule has 0 bridgehead atoms. The second-order valence-electron chi connectivity index (χ2n) is 7.41. The molecule has 0 fully saturated rings. The van der Waals surface area contributed by atoms with Gasteiger partial charge in [0.1, 0.15) is 0 Å². The number of aromatic nitrogens is 4. The summed E-state index contributed by atoms with van der Waals surface area (Å²) in [5.74, 6) is 0.502. The second kappa shape index (κ2) is 10.3. The molecule has 0 spiro atoms. The first kappa shape index (κ1) is 22.5. The number of hydrogen-bond donors (Lipinski definition) is 2. The molecule has 0 radical (unpaired) electrons. The van der Waals surface area contributed by atoms with Gasteiger partial charge in [-0.25, -0.2) is 4.79 Å². The maximum Gasteiger partial charge on any atom is 0.321 e. The van der Waals surface area contributed by atoms with Crippen molar-refractivity contribution in [3.05, 3.63) is 70.5 Å². The SMILES string of the molecule is CCCn1c(=O)c2ccccc2n2c(SCCC(=O)NC(=O)NCc3ccccc3)nnc12. The zero-order valence-corrected chi connectivity index (χ0v) is 19.0. The Hall–Kier alpha value is -3.66. The lowest BCUT2D eigenvalue weighted by Gasteiger charge is -2.10. The van der Waals surface area contributed by atoms with E-state index in [4.69, 9.17) is 0 Å². The minimum absolute atomic E-state index is 0.0928. The number of fused-ring (bicyclic) bond motifs is 3. The molecule has 0 aliphatic carbocycles. The number of nitrogens with zero attached hydrogens (tertiary/aromatic N) is 4. The van der Waals surface area contributed by atoms with Crippen molar-refractivity contribution in [3.8, 4) is 0 Å². The summed E-state index contributed by atoms with van der Waals surface area (Å²) in [6, 6.07) is 16.3. The molecule has 170 valence electrons. The van der Waals surface area contributed by atoms with Gasteiger partial charge in [-0.3, -0.25) is 23.9 Å². The number of urea groups is 1. The van der Waals surface area contributed by atoms with Crippen LogP contribution in [0, 0.1) is 0 Å². The van der Waals surface area contributed by atoms with E-state index in [-0.39, 0.29) is 17.9 Å². The van der Waals surface area contributed by atoms with Crippen LogP contribution in [0.5, 0.6) is 0 Å². The smallest absolute Gasteiger partial charge is 0.321 e. The van der Waals surface area contributed by atoms with Crippen LogP contribution in [-0.4, -0.2) is 36.9 Å². The van der Waals surface area contributed by atoms with Gasteiger partial charge in [0.25, 0.3) is 5.56 Å². The van der Waals surface area contributed by atoms with E-state index in [1.807, 2.05) is 59.9 Å². The van der Waals surface area contributed by atoms with E-state index in [1.165, 1.54) is 11.8 Å². The molecular weight excluding hydrogens is 440 g/mol. The van der Waals surface area contributed by atoms with Crippen LogP contribution in [0.3, 0.4) is 0 Å². The van der Waals surface area contributed by atoms with E-state index >= 15 is 0 Å². The van der Waals surface area contributed by atoms with Crippen molar-refractivity contribution in [3.63, 3.8) is 0 Å². The molecule has 0 aliphatic rings. The summed E-state index contributed by atoms with van der Waals surface area (Å²) in [5, 5.41) is 14.7. The van der Waals surface area contributed by atoms with Crippen LogP contribution in [0.25, 0.3) is 16.7 Å². The van der Waals surface area contributed by atoms with Gasteiger partial charge in [0.2, 0.25) is 11.7 Å². The summed E-state index contributed by atoms with van der Waals surface area (Å²) in [6.45, 7) is 2.88. The second-order valence-corrected chi connectivity index (χ2v) is 8.47. The standard InChI is InChI=1S/C23H24N6O3S/c1-2-13-28-20(31)17-10-6-7-11-18(17)29-22(28)26-27-23(29)33-14-12-19(30)25-21(32)24-15-16-8-4-3-5-9-16/h3-11H,2,12-15H2,1H3,(H2,24,25,30,32). The van der Waals surface area contributed by atoms with Gasteiger partial charge in [0.05, 0.1) is 10.9 Å². The Labute approximate surface area is 194 Å². The van der Waals surface area contributed by atoms with Crippen molar-refractivity contribution in [1.82, 2.24) is 29.8 Å². The summed E-state index contributed by atoms with van der Waals surface area (Å²) < 4.78 is 3.48. The Morgan fingerprint density at radius 3 is 2.58 bits per heavy atom. The highest BCUT2D eigenvalue weighted by Crippen LogP contribution is 2.22. The van der Waals surface area contributed by atoms with Crippen molar-refractivity contribution < 1.29 is 9.59 Å². The Balaban J connectivity index is 1.41. The fourth-order valence-corrected chi connectivity index (χ4v) is 4.38. The number of nitrogens with one attached hydrogen (secondary N) is 2. The Morgan fingerprint density at radius 2 is 1.79 bits per heavy atom. The number of thioether (sulfide) groups is 1. The first-order valence-electron chi connectivity index (χ1n) is 10.7. The summed E-state index contributed by atoms with van der Waals surface area (Å²) in [7, 11) is 0. The van der Waals surface area contributed by atoms with Crippen molar-refractivity contribution in [2.24, 2.45) is 0 Å². The maximum atomic E-state index is 12.9. The summed E-state index contributed by atoms with van der Waals surface area (Å²) >= 11 is 1.35. The minimum Gasteiger partial charge on any atom is -0.334 e. The number of rotatable bonds is 8. The number of benzene rings is 2. The van der Waals surface area contributed by atoms with Crippen LogP contribution in [0.4, 0.5) is 4.79 Å². The van der Waals surface area contributed by atoms with Crippen molar-refractivity contribution in [2.75, 3.05) is 5.75 Å². The van der Waals surface area contributed by atoms with Gasteiger partial charge in [0, 0.05) is 25.3 Å². The monoisotopic (exact) mass is 464 g/mol. The van der Waals surface area contributed by atoms with Crippen molar-refractivity contribution in [1.29, 1.82) is 0 Å². The molecular formula is C23H24N6O3S. The predicted molar refractivity (Wildman–Crippen MR) is 127 cm³/mol. The molecule has 0 saturated heterocycles. The van der Waals surface area contributed by atoms with Crippen molar-refractivity contribution >= 4 is 40.4 Å². The van der Waals surface area contributed by atoms with Crippen LogP contribution in [-0.2, 0) is 17.9 Å². The molecule has 4 aromatic rings. The van der Waals surface area contributed by atoms with E-state index in [1.54, 1.807) is 10.6 Å². The first-order valence-corrected chi connectivity index (χ1v) is 11.7. The highest BCUT2D eigenvalue weighted by atomic mass is 32.2. The lowest BCUT2D eigenvalue weighted by molar-refractivity contribution is -0.119. The largest absolute Gasteiger partial charge is 0.334 e. The molecule has 0 unspecified atom stereocenters. The van der Waals surface area contributed by atoms with Crippen LogP contribution in [0.2, 0.25) is 0 Å². The fourth-order valence-electron chi connectivity index (χ4n) is 3.50. The molecule has 0 aliphatic heterocycles. The Kier molecular flexibility index (Phi) is 7.04. The third kappa shape index (κ3) is 5.06. The molecule has 0 saturated carbocycles. The molecule has 2 aromatic heterocycles. The zero-order valence-electron chi connectivity index (χ0n) is 18.2. The number of hydrogen-bond acceptors (Lipinski definition) is 6. The molecule has 2 aromatic carbocycles. The van der Waals surface area contributed by atoms with Gasteiger partial charge < -0.3 is 5.32 Å². The van der Waals surface area contributed by atoms with Gasteiger partial charge in [-0.05, 0) is 24.1 Å². The Morgan fingerprint density at radius 1 is 1.03 bits per heavy atom. The molecule has 2 heterocycles. The van der Waals surface area contributed by atoms with E-state index < -0.39 is 6.03 Å². The molecule has 10 heteroatoms. The van der Waals surface area contributed by atoms with E-state index in [2.05, 4.69) is 20.8 Å². The van der Waals surface area contributed by atoms with Crippen LogP contribution < -0.4 is 16.2 Å². The highest BCUT2D eigenvalue weighted by Gasteiger charge is 2.17. The predicted octanol–water partition coefficient (Wildman–Crippen LogP) is 2.96. The Bertz CT molecular complexity index is 1350. The van der Waals surface area contributed by atoms with Gasteiger partial charge in [-0.2, -0.15) is 0 Å². The molecule has 4 rings (SSSR count). The normalized spacial score (nSPS) is 11.1. The van der Waals surface area contributed by atoms with Crippen LogP contribution >= 0.6 is 11.8 Å². The van der Waals surface area contributed by atoms with E-state index in [9.17, 15) is 14.4 Å². The average molecular weight is 465 g/mol. The third-order valence-electron chi connectivity index (χ3n) is 5.03. The summed E-state index contributed by atoms with van der Waals surface area (Å²) in [5.41, 5.74) is 1.58. The number of para-hydroxylation sites is 1. The number of carbonyl (C=O) groups excluding carboxylic acids is 2. The topological polar surface area (TPSA) is 110 Å². The summed E-state index contributed by atoms with van der Waals surface area (Å²) in [4.78, 5) is 37.0. The maximum absolute atomic E-state index is 12.9. The number of carbonyl (C=O) groups is 2. The van der Waals surface area contributed by atoms with Gasteiger partial charge in [0.15, 0.2) is 5.16 Å². The molecule has 9 nitrogen and oxygen atoms in total. The van der Waals surface area contributed by atoms with Gasteiger partial charge in [-0.1, -0.05) is 61.2 Å². The van der Waals surface area contributed by atoms with Gasteiger partial charge >= 0.3 is 6.03 Å². The van der Waals surface area contributed by atoms with Crippen LogP contribution in [0.15, 0.2) is 64.5 Å². The number of amides is 3. The van der Waals surface area contributed by atoms with Gasteiger partial charge in [-0.15, -0.1) is 10.2 Å². The zero-order chi connectivity index (χ0) is 23.2. The minimum atomic E-state index is -0.531. The van der Waals surface area contributed by atoms with E-state index in [0.717, 1.165) is 17.5 Å². The quantitative estimate of drug-likeness (QED) is 0.388.